The number of aromatic nitrogens is 1. The van der Waals surface area contributed by atoms with Crippen molar-refractivity contribution >= 4 is 5.97 Å². The molecule has 0 amide bonds. The molecule has 16 heavy (non-hydrogen) atoms. The number of pyridine rings is 1. The average Bonchev–Trinajstić information content (AvgIpc) is 2.29. The molecule has 1 N–H and O–H groups in total. The van der Waals surface area contributed by atoms with Crippen molar-refractivity contribution < 1.29 is 14.3 Å². The summed E-state index contributed by atoms with van der Waals surface area (Å²) in [5.74, 6) is -1.41. The molecule has 0 saturated heterocycles. The zero-order chi connectivity index (χ0) is 11.5. The lowest BCUT2D eigenvalue weighted by molar-refractivity contribution is 0.0696. The number of carboxylic acid groups (broad SMARTS) is 1. The summed E-state index contributed by atoms with van der Waals surface area (Å²) in [5.41, 5.74) is 1.27. The summed E-state index contributed by atoms with van der Waals surface area (Å²) in [6, 6.07) is 7.40. The SMILES string of the molecule is O=C(O)c1cncc(-c2cccc(F)c2)c1. The number of rotatable bonds is 2. The van der Waals surface area contributed by atoms with Gasteiger partial charge in [0.05, 0.1) is 5.56 Å². The minimum atomic E-state index is -1.05. The lowest BCUT2D eigenvalue weighted by Gasteiger charge is -2.02. The second-order valence-electron chi connectivity index (χ2n) is 3.28. The maximum Gasteiger partial charge on any atom is 0.337 e. The van der Waals surface area contributed by atoms with Crippen molar-refractivity contribution in [2.24, 2.45) is 0 Å². The van der Waals surface area contributed by atoms with Gasteiger partial charge in [0.15, 0.2) is 0 Å². The third-order valence-electron chi connectivity index (χ3n) is 2.14. The van der Waals surface area contributed by atoms with Crippen molar-refractivity contribution in [3.05, 3.63) is 54.1 Å². The number of hydrogen-bond acceptors (Lipinski definition) is 2. The Labute approximate surface area is 91.2 Å². The van der Waals surface area contributed by atoms with Gasteiger partial charge in [0.1, 0.15) is 5.82 Å². The van der Waals surface area contributed by atoms with E-state index in [-0.39, 0.29) is 11.4 Å². The average molecular weight is 217 g/mol. The van der Waals surface area contributed by atoms with Crippen LogP contribution in [0.4, 0.5) is 4.39 Å². The topological polar surface area (TPSA) is 50.2 Å². The normalized spacial score (nSPS) is 10.1. The zero-order valence-electron chi connectivity index (χ0n) is 8.22. The van der Waals surface area contributed by atoms with Crippen LogP contribution in [0.1, 0.15) is 10.4 Å². The minimum absolute atomic E-state index is 0.0850. The van der Waals surface area contributed by atoms with Crippen LogP contribution in [0.25, 0.3) is 11.1 Å². The van der Waals surface area contributed by atoms with Gasteiger partial charge < -0.3 is 5.11 Å². The largest absolute Gasteiger partial charge is 0.478 e. The molecule has 1 heterocycles. The molecule has 2 aromatic rings. The fourth-order valence-corrected chi connectivity index (χ4v) is 1.38. The number of aromatic carboxylic acids is 1. The predicted octanol–water partition coefficient (Wildman–Crippen LogP) is 2.59. The van der Waals surface area contributed by atoms with Gasteiger partial charge >= 0.3 is 5.97 Å². The third kappa shape index (κ3) is 2.06. The summed E-state index contributed by atoms with van der Waals surface area (Å²) in [5, 5.41) is 8.80. The van der Waals surface area contributed by atoms with Crippen molar-refractivity contribution in [2.75, 3.05) is 0 Å². The van der Waals surface area contributed by atoms with E-state index in [4.69, 9.17) is 5.11 Å². The van der Waals surface area contributed by atoms with Crippen LogP contribution in [0.5, 0.6) is 0 Å². The molecule has 0 aliphatic heterocycles. The van der Waals surface area contributed by atoms with Crippen LogP contribution in [0.15, 0.2) is 42.7 Å². The van der Waals surface area contributed by atoms with Crippen molar-refractivity contribution in [3.8, 4) is 11.1 Å². The van der Waals surface area contributed by atoms with Crippen molar-refractivity contribution in [3.63, 3.8) is 0 Å². The smallest absolute Gasteiger partial charge is 0.337 e. The van der Waals surface area contributed by atoms with Crippen molar-refractivity contribution in [1.82, 2.24) is 4.98 Å². The van der Waals surface area contributed by atoms with Crippen LogP contribution in [0, 0.1) is 5.82 Å². The van der Waals surface area contributed by atoms with Gasteiger partial charge in [-0.1, -0.05) is 12.1 Å². The molecular weight excluding hydrogens is 209 g/mol. The lowest BCUT2D eigenvalue weighted by atomic mass is 10.1. The molecule has 0 bridgehead atoms. The first kappa shape index (κ1) is 10.3. The number of carboxylic acids is 1. The Bertz CT molecular complexity index is 540. The molecule has 4 heteroatoms. The summed E-state index contributed by atoms with van der Waals surface area (Å²) in [7, 11) is 0. The van der Waals surface area contributed by atoms with Crippen LogP contribution in [0.2, 0.25) is 0 Å². The Hall–Kier alpha value is -2.23. The lowest BCUT2D eigenvalue weighted by Crippen LogP contribution is -1.97. The summed E-state index contributed by atoms with van der Waals surface area (Å²) in [6.45, 7) is 0. The predicted molar refractivity (Wildman–Crippen MR) is 56.6 cm³/mol. The molecule has 1 aromatic heterocycles. The molecule has 0 aliphatic carbocycles. The number of halogens is 1. The molecule has 0 fully saturated rings. The van der Waals surface area contributed by atoms with Crippen molar-refractivity contribution in [2.45, 2.75) is 0 Å². The fourth-order valence-electron chi connectivity index (χ4n) is 1.38. The van der Waals surface area contributed by atoms with Crippen LogP contribution < -0.4 is 0 Å². The molecule has 3 nitrogen and oxygen atoms in total. The Morgan fingerprint density at radius 3 is 2.69 bits per heavy atom. The summed E-state index contributed by atoms with van der Waals surface area (Å²) in [6.07, 6.45) is 2.76. The molecular formula is C12H8FNO2. The van der Waals surface area contributed by atoms with Gasteiger partial charge in [0, 0.05) is 18.0 Å². The Balaban J connectivity index is 2.48. The van der Waals surface area contributed by atoms with E-state index in [1.165, 1.54) is 30.6 Å². The van der Waals surface area contributed by atoms with E-state index in [9.17, 15) is 9.18 Å². The number of nitrogens with zero attached hydrogens (tertiary/aromatic N) is 1. The van der Waals surface area contributed by atoms with E-state index in [1.54, 1.807) is 12.1 Å². The van der Waals surface area contributed by atoms with Gasteiger partial charge in [-0.15, -0.1) is 0 Å². The molecule has 2 rings (SSSR count). The first-order chi connectivity index (χ1) is 7.66. The number of benzene rings is 1. The van der Waals surface area contributed by atoms with E-state index < -0.39 is 5.97 Å². The molecule has 1 aromatic carbocycles. The molecule has 0 unspecified atom stereocenters. The zero-order valence-corrected chi connectivity index (χ0v) is 8.22. The highest BCUT2D eigenvalue weighted by Crippen LogP contribution is 2.20. The monoisotopic (exact) mass is 217 g/mol. The maximum atomic E-state index is 13.0. The Morgan fingerprint density at radius 2 is 2.00 bits per heavy atom. The second kappa shape index (κ2) is 4.10. The molecule has 0 atom stereocenters. The van der Waals surface area contributed by atoms with Gasteiger partial charge in [0.2, 0.25) is 0 Å². The van der Waals surface area contributed by atoms with Crippen molar-refractivity contribution in [1.29, 1.82) is 0 Å². The maximum absolute atomic E-state index is 13.0. The fraction of sp³-hybridized carbons (Fsp3) is 0. The molecule has 0 saturated carbocycles. The van der Waals surface area contributed by atoms with Crippen LogP contribution in [-0.2, 0) is 0 Å². The molecule has 80 valence electrons. The van der Waals surface area contributed by atoms with Gasteiger partial charge in [0.25, 0.3) is 0 Å². The van der Waals surface area contributed by atoms with E-state index in [0.29, 0.717) is 11.1 Å². The summed E-state index contributed by atoms with van der Waals surface area (Å²) in [4.78, 5) is 14.5. The molecule has 0 aliphatic rings. The van der Waals surface area contributed by atoms with E-state index >= 15 is 0 Å². The highest BCUT2D eigenvalue weighted by molar-refractivity contribution is 5.88. The van der Waals surface area contributed by atoms with Gasteiger partial charge in [-0.25, -0.2) is 9.18 Å². The van der Waals surface area contributed by atoms with Gasteiger partial charge in [-0.3, -0.25) is 4.98 Å². The van der Waals surface area contributed by atoms with Gasteiger partial charge in [-0.2, -0.15) is 0 Å². The van der Waals surface area contributed by atoms with Gasteiger partial charge in [-0.05, 0) is 23.8 Å². The first-order valence-electron chi connectivity index (χ1n) is 4.61. The first-order valence-corrected chi connectivity index (χ1v) is 4.61. The summed E-state index contributed by atoms with van der Waals surface area (Å²) >= 11 is 0. The van der Waals surface area contributed by atoms with E-state index in [2.05, 4.69) is 4.98 Å². The van der Waals surface area contributed by atoms with Crippen LogP contribution in [0.3, 0.4) is 0 Å². The minimum Gasteiger partial charge on any atom is -0.478 e. The highest BCUT2D eigenvalue weighted by Gasteiger charge is 2.05. The highest BCUT2D eigenvalue weighted by atomic mass is 19.1. The Morgan fingerprint density at radius 1 is 1.19 bits per heavy atom. The third-order valence-corrected chi connectivity index (χ3v) is 2.14. The van der Waals surface area contributed by atoms with Crippen LogP contribution >= 0.6 is 0 Å². The Kier molecular flexibility index (Phi) is 2.64. The standard InChI is InChI=1S/C12H8FNO2/c13-11-3-1-2-8(5-11)9-4-10(12(15)16)7-14-6-9/h1-7H,(H,15,16). The molecule has 0 spiro atoms. The quantitative estimate of drug-likeness (QED) is 0.841. The van der Waals surface area contributed by atoms with Crippen LogP contribution in [-0.4, -0.2) is 16.1 Å². The van der Waals surface area contributed by atoms with E-state index in [1.807, 2.05) is 0 Å². The second-order valence-corrected chi connectivity index (χ2v) is 3.28. The molecule has 0 radical (unpaired) electrons. The number of carbonyl (C=O) groups is 1. The number of hydrogen-bond donors (Lipinski definition) is 1. The van der Waals surface area contributed by atoms with E-state index in [0.717, 1.165) is 0 Å². The summed E-state index contributed by atoms with van der Waals surface area (Å²) < 4.78 is 13.0.